The Morgan fingerprint density at radius 1 is 1.13 bits per heavy atom. The highest BCUT2D eigenvalue weighted by atomic mass is 35.5. The van der Waals surface area contributed by atoms with Gasteiger partial charge in [-0.25, -0.2) is 0 Å². The van der Waals surface area contributed by atoms with Crippen molar-refractivity contribution in [1.82, 2.24) is 10.1 Å². The van der Waals surface area contributed by atoms with Gasteiger partial charge in [-0.3, -0.25) is 4.79 Å². The van der Waals surface area contributed by atoms with Gasteiger partial charge in [-0.1, -0.05) is 40.5 Å². The minimum Gasteiger partial charge on any atom is -0.339 e. The molecule has 7 heteroatoms. The number of nitrogens with one attached hydrogen (secondary N) is 1. The van der Waals surface area contributed by atoms with Crippen molar-refractivity contribution >= 4 is 34.8 Å². The maximum atomic E-state index is 12.3. The number of carbonyl (C=O) groups is 1. The number of aromatic nitrogens is 2. The molecule has 2 aromatic carbocycles. The van der Waals surface area contributed by atoms with Crippen molar-refractivity contribution in [2.75, 3.05) is 5.32 Å². The van der Waals surface area contributed by atoms with Crippen molar-refractivity contribution in [3.8, 4) is 11.4 Å². The quantitative estimate of drug-likeness (QED) is 0.751. The van der Waals surface area contributed by atoms with E-state index >= 15 is 0 Å². The van der Waals surface area contributed by atoms with E-state index in [1.807, 2.05) is 6.07 Å². The van der Waals surface area contributed by atoms with E-state index in [1.165, 1.54) is 6.07 Å². The number of halogens is 2. The van der Waals surface area contributed by atoms with Crippen LogP contribution in [-0.4, -0.2) is 16.0 Å². The third-order valence-electron chi connectivity index (χ3n) is 3.09. The minimum absolute atomic E-state index is 0.287. The van der Waals surface area contributed by atoms with Crippen LogP contribution in [0.3, 0.4) is 0 Å². The summed E-state index contributed by atoms with van der Waals surface area (Å²) in [6.45, 7) is 1.71. The van der Waals surface area contributed by atoms with Gasteiger partial charge in [0, 0.05) is 23.7 Å². The Balaban J connectivity index is 1.82. The van der Waals surface area contributed by atoms with Gasteiger partial charge in [0.2, 0.25) is 11.7 Å². The molecule has 0 saturated carbocycles. The highest BCUT2D eigenvalue weighted by Crippen LogP contribution is 2.24. The third kappa shape index (κ3) is 3.52. The number of hydrogen-bond acceptors (Lipinski definition) is 4. The first-order valence-electron chi connectivity index (χ1n) is 6.70. The van der Waals surface area contributed by atoms with Crippen molar-refractivity contribution in [3.63, 3.8) is 0 Å². The SMILES string of the molecule is Cc1nc(-c2cccc(NC(=O)c3ccc(Cl)c(Cl)c3)c2)no1. The van der Waals surface area contributed by atoms with Gasteiger partial charge in [0.1, 0.15) is 0 Å². The van der Waals surface area contributed by atoms with E-state index in [1.54, 1.807) is 37.3 Å². The normalized spacial score (nSPS) is 10.6. The first-order chi connectivity index (χ1) is 11.0. The van der Waals surface area contributed by atoms with Crippen molar-refractivity contribution < 1.29 is 9.32 Å². The van der Waals surface area contributed by atoms with Gasteiger partial charge in [0.05, 0.1) is 10.0 Å². The maximum Gasteiger partial charge on any atom is 0.255 e. The number of aryl methyl sites for hydroxylation is 1. The van der Waals surface area contributed by atoms with Crippen LogP contribution in [0.25, 0.3) is 11.4 Å². The van der Waals surface area contributed by atoms with Gasteiger partial charge in [-0.2, -0.15) is 4.98 Å². The number of benzene rings is 2. The summed E-state index contributed by atoms with van der Waals surface area (Å²) in [6, 6.07) is 11.9. The number of rotatable bonds is 3. The Morgan fingerprint density at radius 3 is 2.65 bits per heavy atom. The fourth-order valence-corrected chi connectivity index (χ4v) is 2.29. The van der Waals surface area contributed by atoms with Crippen LogP contribution in [-0.2, 0) is 0 Å². The minimum atomic E-state index is -0.287. The van der Waals surface area contributed by atoms with E-state index in [0.717, 1.165) is 5.56 Å². The summed E-state index contributed by atoms with van der Waals surface area (Å²) in [6.07, 6.45) is 0. The van der Waals surface area contributed by atoms with Crippen LogP contribution in [0.1, 0.15) is 16.2 Å². The van der Waals surface area contributed by atoms with Crippen LogP contribution in [0, 0.1) is 6.92 Å². The summed E-state index contributed by atoms with van der Waals surface area (Å²) in [5, 5.41) is 7.38. The second-order valence-corrected chi connectivity index (χ2v) is 5.62. The molecule has 0 radical (unpaired) electrons. The van der Waals surface area contributed by atoms with Crippen LogP contribution in [0.4, 0.5) is 5.69 Å². The molecule has 1 heterocycles. The molecule has 116 valence electrons. The smallest absolute Gasteiger partial charge is 0.255 e. The summed E-state index contributed by atoms with van der Waals surface area (Å²) in [7, 11) is 0. The number of hydrogen-bond donors (Lipinski definition) is 1. The molecule has 5 nitrogen and oxygen atoms in total. The van der Waals surface area contributed by atoms with Crippen LogP contribution in [0.2, 0.25) is 10.0 Å². The molecule has 0 aliphatic rings. The van der Waals surface area contributed by atoms with Crippen molar-refractivity contribution in [1.29, 1.82) is 0 Å². The molecule has 0 unspecified atom stereocenters. The summed E-state index contributed by atoms with van der Waals surface area (Å²) in [4.78, 5) is 16.4. The lowest BCUT2D eigenvalue weighted by atomic mass is 10.1. The second-order valence-electron chi connectivity index (χ2n) is 4.80. The molecule has 0 fully saturated rings. The number of nitrogens with zero attached hydrogens (tertiary/aromatic N) is 2. The van der Waals surface area contributed by atoms with Crippen LogP contribution in [0.15, 0.2) is 47.0 Å². The van der Waals surface area contributed by atoms with E-state index in [2.05, 4.69) is 15.5 Å². The first-order valence-corrected chi connectivity index (χ1v) is 7.45. The van der Waals surface area contributed by atoms with E-state index in [9.17, 15) is 4.79 Å². The lowest BCUT2D eigenvalue weighted by molar-refractivity contribution is 0.102. The summed E-state index contributed by atoms with van der Waals surface area (Å²) < 4.78 is 4.96. The summed E-state index contributed by atoms with van der Waals surface area (Å²) in [5.74, 6) is 0.656. The third-order valence-corrected chi connectivity index (χ3v) is 3.83. The second kappa shape index (κ2) is 6.40. The molecule has 1 N–H and O–H groups in total. The first kappa shape index (κ1) is 15.5. The number of carbonyl (C=O) groups excluding carboxylic acids is 1. The van der Waals surface area contributed by atoms with Crippen LogP contribution >= 0.6 is 23.2 Å². The largest absolute Gasteiger partial charge is 0.339 e. The Kier molecular flexibility index (Phi) is 4.32. The molecular formula is C16H11Cl2N3O2. The number of amides is 1. The van der Waals surface area contributed by atoms with Gasteiger partial charge in [0.25, 0.3) is 5.91 Å². The molecule has 3 rings (SSSR count). The van der Waals surface area contributed by atoms with E-state index < -0.39 is 0 Å². The van der Waals surface area contributed by atoms with Gasteiger partial charge < -0.3 is 9.84 Å². The number of anilines is 1. The molecule has 0 bridgehead atoms. The predicted molar refractivity (Wildman–Crippen MR) is 88.9 cm³/mol. The monoisotopic (exact) mass is 347 g/mol. The molecule has 0 spiro atoms. The van der Waals surface area contributed by atoms with Crippen LogP contribution < -0.4 is 5.32 Å². The Bertz CT molecular complexity index is 877. The maximum absolute atomic E-state index is 12.3. The van der Waals surface area contributed by atoms with Crippen molar-refractivity contribution in [2.24, 2.45) is 0 Å². The van der Waals surface area contributed by atoms with E-state index in [-0.39, 0.29) is 5.91 Å². The van der Waals surface area contributed by atoms with Gasteiger partial charge in [0.15, 0.2) is 0 Å². The zero-order chi connectivity index (χ0) is 16.4. The summed E-state index contributed by atoms with van der Waals surface area (Å²) >= 11 is 11.8. The fourth-order valence-electron chi connectivity index (χ4n) is 1.99. The lowest BCUT2D eigenvalue weighted by Gasteiger charge is -2.07. The average Bonchev–Trinajstić information content (AvgIpc) is 2.97. The summed E-state index contributed by atoms with van der Waals surface area (Å²) in [5.41, 5.74) is 1.77. The Morgan fingerprint density at radius 2 is 1.96 bits per heavy atom. The Labute approximate surface area is 142 Å². The van der Waals surface area contributed by atoms with Gasteiger partial charge >= 0.3 is 0 Å². The molecular weight excluding hydrogens is 337 g/mol. The van der Waals surface area contributed by atoms with E-state index in [0.29, 0.717) is 33.0 Å². The average molecular weight is 348 g/mol. The zero-order valence-electron chi connectivity index (χ0n) is 12.0. The van der Waals surface area contributed by atoms with Gasteiger partial charge in [-0.15, -0.1) is 0 Å². The predicted octanol–water partition coefficient (Wildman–Crippen LogP) is 4.60. The van der Waals surface area contributed by atoms with Gasteiger partial charge in [-0.05, 0) is 30.3 Å². The van der Waals surface area contributed by atoms with Crippen molar-refractivity contribution in [3.05, 3.63) is 64.0 Å². The fraction of sp³-hybridized carbons (Fsp3) is 0.0625. The van der Waals surface area contributed by atoms with Crippen LogP contribution in [0.5, 0.6) is 0 Å². The van der Waals surface area contributed by atoms with Crippen molar-refractivity contribution in [2.45, 2.75) is 6.92 Å². The molecule has 0 saturated heterocycles. The zero-order valence-corrected chi connectivity index (χ0v) is 13.5. The van der Waals surface area contributed by atoms with E-state index in [4.69, 9.17) is 27.7 Å². The highest BCUT2D eigenvalue weighted by Gasteiger charge is 2.10. The topological polar surface area (TPSA) is 68.0 Å². The molecule has 0 atom stereocenters. The Hall–Kier alpha value is -2.37. The lowest BCUT2D eigenvalue weighted by Crippen LogP contribution is -2.11. The molecule has 1 amide bonds. The molecule has 0 aliphatic carbocycles. The standard InChI is InChI=1S/C16H11Cl2N3O2/c1-9-19-15(21-23-9)10-3-2-4-12(7-10)20-16(22)11-5-6-13(17)14(18)8-11/h2-8H,1H3,(H,20,22). The highest BCUT2D eigenvalue weighted by molar-refractivity contribution is 6.42. The molecule has 0 aliphatic heterocycles. The molecule has 3 aromatic rings. The molecule has 1 aromatic heterocycles. The molecule has 23 heavy (non-hydrogen) atoms.